The third-order valence-corrected chi connectivity index (χ3v) is 7.67. The lowest BCUT2D eigenvalue weighted by atomic mass is 9.87. The highest BCUT2D eigenvalue weighted by Gasteiger charge is 2.26. The molecule has 1 N–H and O–H groups in total. The SMILES string of the molecule is COC(=O)c1ccc(Cn2c(N3CCN(Cc4ccc(C(C)(C)C)cc4)CC3)nc3c2c(=O)[nH]c(=O)n3C)c(F)c1. The first-order valence-electron chi connectivity index (χ1n) is 13.6. The summed E-state index contributed by atoms with van der Waals surface area (Å²) < 4.78 is 22.7. The summed E-state index contributed by atoms with van der Waals surface area (Å²) in [5.74, 6) is -0.764. The van der Waals surface area contributed by atoms with E-state index in [2.05, 4.69) is 64.6 Å². The highest BCUT2D eigenvalue weighted by molar-refractivity contribution is 5.89. The van der Waals surface area contributed by atoms with Crippen molar-refractivity contribution < 1.29 is 13.9 Å². The topological polar surface area (TPSA) is 105 Å². The van der Waals surface area contributed by atoms with Gasteiger partial charge in [-0.1, -0.05) is 51.1 Å². The van der Waals surface area contributed by atoms with Gasteiger partial charge in [-0.25, -0.2) is 14.0 Å². The number of nitrogens with zero attached hydrogens (tertiary/aromatic N) is 5. The van der Waals surface area contributed by atoms with Crippen LogP contribution in [0.4, 0.5) is 10.3 Å². The van der Waals surface area contributed by atoms with E-state index in [0.717, 1.165) is 25.7 Å². The van der Waals surface area contributed by atoms with Crippen LogP contribution in [0.25, 0.3) is 11.2 Å². The molecule has 10 nitrogen and oxygen atoms in total. The fourth-order valence-electron chi connectivity index (χ4n) is 5.18. The standard InChI is InChI=1S/C30H35FN6O4/c1-30(2,3)22-10-6-19(7-11-22)17-35-12-14-36(15-13-35)28-32-25-24(26(38)33-29(40)34(25)4)37(28)18-21-9-8-20(16-23(21)31)27(39)41-5/h6-11,16H,12-15,17-18H2,1-5H3,(H,33,38,40). The van der Waals surface area contributed by atoms with E-state index in [9.17, 15) is 14.4 Å². The van der Waals surface area contributed by atoms with Crippen LogP contribution in [0.2, 0.25) is 0 Å². The Hall–Kier alpha value is -4.25. The fraction of sp³-hybridized carbons (Fsp3) is 0.400. The summed E-state index contributed by atoms with van der Waals surface area (Å²) >= 11 is 0. The molecule has 1 aliphatic heterocycles. The van der Waals surface area contributed by atoms with E-state index in [0.29, 0.717) is 19.0 Å². The Kier molecular flexibility index (Phi) is 7.56. The molecule has 0 unspecified atom stereocenters. The van der Waals surface area contributed by atoms with E-state index in [1.54, 1.807) is 4.57 Å². The van der Waals surface area contributed by atoms with Crippen molar-refractivity contribution in [1.29, 1.82) is 0 Å². The molecule has 2 aromatic carbocycles. The van der Waals surface area contributed by atoms with Gasteiger partial charge in [-0.3, -0.25) is 23.8 Å². The molecule has 11 heteroatoms. The number of hydrogen-bond acceptors (Lipinski definition) is 7. The average molecular weight is 563 g/mol. The van der Waals surface area contributed by atoms with Gasteiger partial charge in [0.05, 0.1) is 19.2 Å². The van der Waals surface area contributed by atoms with Crippen molar-refractivity contribution >= 4 is 23.1 Å². The minimum atomic E-state index is -0.640. The number of H-pyrrole nitrogens is 1. The lowest BCUT2D eigenvalue weighted by Crippen LogP contribution is -2.47. The van der Waals surface area contributed by atoms with Crippen molar-refractivity contribution in [2.75, 3.05) is 38.2 Å². The molecule has 0 bridgehead atoms. The van der Waals surface area contributed by atoms with E-state index in [1.807, 2.05) is 0 Å². The largest absolute Gasteiger partial charge is 0.465 e. The maximum Gasteiger partial charge on any atom is 0.337 e. The number of esters is 1. The number of piperazine rings is 1. The van der Waals surface area contributed by atoms with E-state index in [1.165, 1.54) is 42.0 Å². The first-order chi connectivity index (χ1) is 19.5. The third-order valence-electron chi connectivity index (χ3n) is 7.67. The van der Waals surface area contributed by atoms with Crippen molar-refractivity contribution in [3.63, 3.8) is 0 Å². The molecule has 2 aromatic heterocycles. The number of halogens is 1. The summed E-state index contributed by atoms with van der Waals surface area (Å²) in [7, 11) is 2.77. The number of ether oxygens (including phenoxy) is 1. The van der Waals surface area contributed by atoms with Crippen LogP contribution in [0, 0.1) is 5.82 Å². The first-order valence-corrected chi connectivity index (χ1v) is 13.6. The number of methoxy groups -OCH3 is 1. The van der Waals surface area contributed by atoms with Crippen molar-refractivity contribution in [3.05, 3.63) is 91.4 Å². The van der Waals surface area contributed by atoms with Crippen molar-refractivity contribution in [2.45, 2.75) is 39.3 Å². The zero-order valence-electron chi connectivity index (χ0n) is 24.0. The molecule has 0 radical (unpaired) electrons. The Balaban J connectivity index is 1.42. The molecule has 0 amide bonds. The number of aryl methyl sites for hydroxylation is 1. The van der Waals surface area contributed by atoms with Gasteiger partial charge in [-0.05, 0) is 28.7 Å². The number of aromatic amines is 1. The number of rotatable bonds is 6. The number of nitrogens with one attached hydrogen (secondary N) is 1. The smallest absolute Gasteiger partial charge is 0.337 e. The van der Waals surface area contributed by atoms with Crippen LogP contribution in [0.15, 0.2) is 52.1 Å². The van der Waals surface area contributed by atoms with Crippen LogP contribution < -0.4 is 16.1 Å². The summed E-state index contributed by atoms with van der Waals surface area (Å²) in [4.78, 5) is 48.6. The van der Waals surface area contributed by atoms with E-state index >= 15 is 4.39 Å². The van der Waals surface area contributed by atoms with Crippen LogP contribution in [0.3, 0.4) is 0 Å². The molecule has 0 atom stereocenters. The monoisotopic (exact) mass is 562 g/mol. The fourth-order valence-corrected chi connectivity index (χ4v) is 5.18. The number of carbonyl (C=O) groups excluding carboxylic acids is 1. The van der Waals surface area contributed by atoms with Gasteiger partial charge in [0.2, 0.25) is 5.95 Å². The second kappa shape index (κ2) is 11.0. The number of aromatic nitrogens is 4. The summed E-state index contributed by atoms with van der Waals surface area (Å²) in [6, 6.07) is 12.8. The number of carbonyl (C=O) groups is 1. The Morgan fingerprint density at radius 1 is 1.02 bits per heavy atom. The van der Waals surface area contributed by atoms with Gasteiger partial charge in [-0.2, -0.15) is 4.98 Å². The van der Waals surface area contributed by atoms with Crippen LogP contribution >= 0.6 is 0 Å². The number of fused-ring (bicyclic) bond motifs is 1. The lowest BCUT2D eigenvalue weighted by Gasteiger charge is -2.35. The zero-order valence-corrected chi connectivity index (χ0v) is 24.0. The summed E-state index contributed by atoms with van der Waals surface area (Å²) in [5.41, 5.74) is 2.24. The molecule has 1 aliphatic rings. The quantitative estimate of drug-likeness (QED) is 0.360. The molecule has 0 aliphatic carbocycles. The normalized spacial score (nSPS) is 14.5. The number of benzene rings is 2. The molecule has 216 valence electrons. The molecule has 0 spiro atoms. The summed E-state index contributed by atoms with van der Waals surface area (Å²) in [5, 5.41) is 0. The van der Waals surface area contributed by atoms with E-state index in [-0.39, 0.29) is 34.3 Å². The molecule has 1 fully saturated rings. The van der Waals surface area contributed by atoms with E-state index in [4.69, 9.17) is 4.98 Å². The molecule has 0 saturated carbocycles. The molecule has 4 aromatic rings. The van der Waals surface area contributed by atoms with Gasteiger partial charge in [0.15, 0.2) is 11.2 Å². The second-order valence-corrected chi connectivity index (χ2v) is 11.5. The van der Waals surface area contributed by atoms with E-state index < -0.39 is 23.0 Å². The van der Waals surface area contributed by atoms with Gasteiger partial charge in [0.1, 0.15) is 5.82 Å². The number of imidazole rings is 1. The molecule has 5 rings (SSSR count). The summed E-state index contributed by atoms with van der Waals surface area (Å²) in [6.45, 7) is 10.2. The van der Waals surface area contributed by atoms with Crippen molar-refractivity contribution in [1.82, 2.24) is 24.0 Å². The van der Waals surface area contributed by atoms with Crippen LogP contribution in [0.1, 0.15) is 47.8 Å². The highest BCUT2D eigenvalue weighted by Crippen LogP contribution is 2.25. The van der Waals surface area contributed by atoms with Crippen molar-refractivity contribution in [3.8, 4) is 0 Å². The minimum absolute atomic E-state index is 0.0132. The first kappa shape index (κ1) is 28.3. The highest BCUT2D eigenvalue weighted by atomic mass is 19.1. The van der Waals surface area contributed by atoms with Crippen LogP contribution in [-0.4, -0.2) is 63.3 Å². The maximum atomic E-state index is 15.1. The molecule has 1 saturated heterocycles. The molecular weight excluding hydrogens is 527 g/mol. The summed E-state index contributed by atoms with van der Waals surface area (Å²) in [6.07, 6.45) is 0. The Bertz CT molecular complexity index is 1710. The zero-order chi connectivity index (χ0) is 29.5. The number of hydrogen-bond donors (Lipinski definition) is 1. The lowest BCUT2D eigenvalue weighted by molar-refractivity contribution is 0.0600. The predicted octanol–water partition coefficient (Wildman–Crippen LogP) is 3.02. The Morgan fingerprint density at radius 2 is 1.71 bits per heavy atom. The minimum Gasteiger partial charge on any atom is -0.465 e. The van der Waals surface area contributed by atoms with Gasteiger partial charge in [0.25, 0.3) is 5.56 Å². The third kappa shape index (κ3) is 5.67. The van der Waals surface area contributed by atoms with Crippen LogP contribution in [0.5, 0.6) is 0 Å². The second-order valence-electron chi connectivity index (χ2n) is 11.5. The predicted molar refractivity (Wildman–Crippen MR) is 155 cm³/mol. The van der Waals surface area contributed by atoms with Gasteiger partial charge in [0, 0.05) is 45.3 Å². The average Bonchev–Trinajstić information content (AvgIpc) is 3.32. The van der Waals surface area contributed by atoms with Crippen LogP contribution in [-0.2, 0) is 30.3 Å². The Morgan fingerprint density at radius 3 is 2.32 bits per heavy atom. The van der Waals surface area contributed by atoms with Gasteiger partial charge >= 0.3 is 11.7 Å². The van der Waals surface area contributed by atoms with Gasteiger partial charge in [-0.15, -0.1) is 0 Å². The Labute approximate surface area is 237 Å². The molecule has 3 heterocycles. The number of anilines is 1. The van der Waals surface area contributed by atoms with Gasteiger partial charge < -0.3 is 9.64 Å². The maximum absolute atomic E-state index is 15.1. The van der Waals surface area contributed by atoms with Crippen molar-refractivity contribution in [2.24, 2.45) is 7.05 Å². The molecule has 41 heavy (non-hydrogen) atoms. The molecular formula is C30H35FN6O4.